The first-order valence-corrected chi connectivity index (χ1v) is 11.4. The van der Waals surface area contributed by atoms with Gasteiger partial charge in [-0.25, -0.2) is 4.68 Å². The Morgan fingerprint density at radius 2 is 1.82 bits per heavy atom. The normalized spacial score (nSPS) is 19.8. The fourth-order valence-electron chi connectivity index (χ4n) is 5.03. The number of nitrogens with zero attached hydrogens (tertiary/aromatic N) is 2. The quantitative estimate of drug-likeness (QED) is 0.590. The van der Waals surface area contributed by atoms with E-state index in [2.05, 4.69) is 15.7 Å². The standard InChI is InChI=1S/C26H26N4O3/c1-2-26(16-15-22(31)28-25(26)33)17-11-13-18(14-12-17)27-24(32)23-20-9-6-10-21(20)30(29-23)19-7-4-3-5-8-19/h3-5,7-8,11-14H,2,6,9-10,15-16H2,1H3,(H,27,32)(H,28,31,33). The van der Waals surface area contributed by atoms with Gasteiger partial charge in [-0.2, -0.15) is 5.10 Å². The number of para-hydroxylation sites is 1. The maximum absolute atomic E-state index is 13.1. The Kier molecular flexibility index (Phi) is 5.32. The lowest BCUT2D eigenvalue weighted by Crippen LogP contribution is -2.51. The molecule has 7 heteroatoms. The van der Waals surface area contributed by atoms with Crippen LogP contribution in [0.3, 0.4) is 0 Å². The fourth-order valence-corrected chi connectivity index (χ4v) is 5.03. The summed E-state index contributed by atoms with van der Waals surface area (Å²) in [7, 11) is 0. The summed E-state index contributed by atoms with van der Waals surface area (Å²) >= 11 is 0. The number of fused-ring (bicyclic) bond motifs is 1. The molecule has 1 aliphatic carbocycles. The van der Waals surface area contributed by atoms with Crippen LogP contribution in [0.15, 0.2) is 54.6 Å². The van der Waals surface area contributed by atoms with Gasteiger partial charge in [-0.15, -0.1) is 0 Å². The zero-order valence-corrected chi connectivity index (χ0v) is 18.6. The van der Waals surface area contributed by atoms with E-state index in [1.807, 2.05) is 66.2 Å². The molecule has 1 unspecified atom stereocenters. The second-order valence-corrected chi connectivity index (χ2v) is 8.72. The third kappa shape index (κ3) is 3.63. The Hall–Kier alpha value is -3.74. The van der Waals surface area contributed by atoms with E-state index < -0.39 is 5.41 Å². The SMILES string of the molecule is CCC1(c2ccc(NC(=O)c3nn(-c4ccccc4)c4c3CCC4)cc2)CCC(=O)NC1=O. The zero-order chi connectivity index (χ0) is 23.0. The molecule has 168 valence electrons. The Morgan fingerprint density at radius 3 is 2.52 bits per heavy atom. The lowest BCUT2D eigenvalue weighted by Gasteiger charge is -2.35. The summed E-state index contributed by atoms with van der Waals surface area (Å²) in [5.41, 5.74) is 4.31. The van der Waals surface area contributed by atoms with Crippen molar-refractivity contribution in [1.29, 1.82) is 0 Å². The topological polar surface area (TPSA) is 93.1 Å². The molecular weight excluding hydrogens is 416 g/mol. The van der Waals surface area contributed by atoms with Crippen LogP contribution < -0.4 is 10.6 Å². The molecule has 7 nitrogen and oxygen atoms in total. The molecule has 2 N–H and O–H groups in total. The van der Waals surface area contributed by atoms with E-state index in [4.69, 9.17) is 0 Å². The van der Waals surface area contributed by atoms with Crippen molar-refractivity contribution in [2.24, 2.45) is 0 Å². The Bertz CT molecular complexity index is 1230. The lowest BCUT2D eigenvalue weighted by molar-refractivity contribution is -0.138. The summed E-state index contributed by atoms with van der Waals surface area (Å²) in [5, 5.41) is 10.1. The van der Waals surface area contributed by atoms with Crippen molar-refractivity contribution in [3.63, 3.8) is 0 Å². The number of carbonyl (C=O) groups is 3. The second-order valence-electron chi connectivity index (χ2n) is 8.72. The van der Waals surface area contributed by atoms with E-state index in [-0.39, 0.29) is 17.7 Å². The van der Waals surface area contributed by atoms with E-state index in [9.17, 15) is 14.4 Å². The van der Waals surface area contributed by atoms with Crippen molar-refractivity contribution < 1.29 is 14.4 Å². The van der Waals surface area contributed by atoms with Crippen molar-refractivity contribution >= 4 is 23.4 Å². The van der Waals surface area contributed by atoms with Gasteiger partial charge in [0, 0.05) is 23.4 Å². The Labute approximate surface area is 192 Å². The van der Waals surface area contributed by atoms with Gasteiger partial charge in [-0.1, -0.05) is 37.3 Å². The summed E-state index contributed by atoms with van der Waals surface area (Å²) < 4.78 is 1.88. The van der Waals surface area contributed by atoms with Crippen LogP contribution in [0, 0.1) is 0 Å². The van der Waals surface area contributed by atoms with Crippen LogP contribution in [0.2, 0.25) is 0 Å². The van der Waals surface area contributed by atoms with Crippen molar-refractivity contribution in [1.82, 2.24) is 15.1 Å². The maximum Gasteiger partial charge on any atom is 0.276 e. The smallest absolute Gasteiger partial charge is 0.276 e. The summed E-state index contributed by atoms with van der Waals surface area (Å²) in [4.78, 5) is 37.3. The van der Waals surface area contributed by atoms with Crippen molar-refractivity contribution in [2.45, 2.75) is 50.9 Å². The van der Waals surface area contributed by atoms with Gasteiger partial charge in [-0.3, -0.25) is 19.7 Å². The number of hydrogen-bond donors (Lipinski definition) is 2. The van der Waals surface area contributed by atoms with Gasteiger partial charge in [0.05, 0.1) is 11.1 Å². The van der Waals surface area contributed by atoms with E-state index in [1.165, 1.54) is 0 Å². The molecule has 2 aromatic carbocycles. The average molecular weight is 443 g/mol. The summed E-state index contributed by atoms with van der Waals surface area (Å²) in [6.45, 7) is 1.95. The van der Waals surface area contributed by atoms with Crippen LogP contribution in [0.5, 0.6) is 0 Å². The number of anilines is 1. The molecule has 3 amide bonds. The molecular formula is C26H26N4O3. The third-order valence-electron chi connectivity index (χ3n) is 6.91. The molecule has 0 spiro atoms. The van der Waals surface area contributed by atoms with Crippen LogP contribution in [0.4, 0.5) is 5.69 Å². The van der Waals surface area contributed by atoms with Crippen molar-refractivity contribution in [2.75, 3.05) is 5.32 Å². The predicted molar refractivity (Wildman–Crippen MR) is 124 cm³/mol. The van der Waals surface area contributed by atoms with Gasteiger partial charge in [0.25, 0.3) is 5.91 Å². The number of amides is 3. The van der Waals surface area contributed by atoms with E-state index in [0.717, 1.165) is 41.8 Å². The van der Waals surface area contributed by atoms with E-state index >= 15 is 0 Å². The van der Waals surface area contributed by atoms with Crippen molar-refractivity contribution in [3.8, 4) is 5.69 Å². The van der Waals surface area contributed by atoms with Gasteiger partial charge < -0.3 is 5.32 Å². The first-order chi connectivity index (χ1) is 16.0. The summed E-state index contributed by atoms with van der Waals surface area (Å²) in [6.07, 6.45) is 4.18. The van der Waals surface area contributed by atoms with Crippen LogP contribution in [0.25, 0.3) is 5.69 Å². The number of piperidine rings is 1. The third-order valence-corrected chi connectivity index (χ3v) is 6.91. The molecule has 0 radical (unpaired) electrons. The highest BCUT2D eigenvalue weighted by atomic mass is 16.2. The number of imide groups is 1. The maximum atomic E-state index is 13.1. The molecule has 0 saturated carbocycles. The first-order valence-electron chi connectivity index (χ1n) is 11.4. The molecule has 2 heterocycles. The molecule has 1 aromatic heterocycles. The number of aromatic nitrogens is 2. The minimum atomic E-state index is -0.717. The number of carbonyl (C=O) groups excluding carboxylic acids is 3. The summed E-state index contributed by atoms with van der Waals surface area (Å²) in [6, 6.07) is 17.2. The fraction of sp³-hybridized carbons (Fsp3) is 0.308. The van der Waals surface area contributed by atoms with Crippen LogP contribution in [-0.4, -0.2) is 27.5 Å². The first kappa shape index (κ1) is 21.1. The van der Waals surface area contributed by atoms with Gasteiger partial charge in [-0.05, 0) is 61.9 Å². The molecule has 1 aliphatic heterocycles. The van der Waals surface area contributed by atoms with Crippen LogP contribution >= 0.6 is 0 Å². The predicted octanol–water partition coefficient (Wildman–Crippen LogP) is 3.70. The van der Waals surface area contributed by atoms with Crippen molar-refractivity contribution in [3.05, 3.63) is 77.1 Å². The largest absolute Gasteiger partial charge is 0.321 e. The molecule has 1 saturated heterocycles. The number of nitrogens with one attached hydrogen (secondary N) is 2. The second kappa shape index (κ2) is 8.31. The van der Waals surface area contributed by atoms with E-state index in [1.54, 1.807) is 0 Å². The molecule has 1 fully saturated rings. The molecule has 2 aliphatic rings. The van der Waals surface area contributed by atoms with Crippen LogP contribution in [0.1, 0.15) is 59.9 Å². The molecule has 0 bridgehead atoms. The zero-order valence-electron chi connectivity index (χ0n) is 18.6. The lowest BCUT2D eigenvalue weighted by atomic mass is 9.72. The van der Waals surface area contributed by atoms with Gasteiger partial charge >= 0.3 is 0 Å². The average Bonchev–Trinajstić information content (AvgIpc) is 3.44. The number of hydrogen-bond acceptors (Lipinski definition) is 4. The monoisotopic (exact) mass is 442 g/mol. The molecule has 33 heavy (non-hydrogen) atoms. The molecule has 1 atom stereocenters. The highest BCUT2D eigenvalue weighted by molar-refractivity contribution is 6.05. The molecule has 5 rings (SSSR count). The summed E-state index contributed by atoms with van der Waals surface area (Å²) in [5.74, 6) is -0.711. The van der Waals surface area contributed by atoms with Gasteiger partial charge in [0.2, 0.25) is 11.8 Å². The molecule has 3 aromatic rings. The highest BCUT2D eigenvalue weighted by Crippen LogP contribution is 2.36. The Morgan fingerprint density at radius 1 is 1.06 bits per heavy atom. The van der Waals surface area contributed by atoms with E-state index in [0.29, 0.717) is 30.6 Å². The minimum absolute atomic E-state index is 0.226. The highest BCUT2D eigenvalue weighted by Gasteiger charge is 2.42. The van der Waals surface area contributed by atoms with Crippen LogP contribution in [-0.2, 0) is 27.8 Å². The van der Waals surface area contributed by atoms with Gasteiger partial charge in [0.15, 0.2) is 5.69 Å². The van der Waals surface area contributed by atoms with Gasteiger partial charge in [0.1, 0.15) is 0 Å². The Balaban J connectivity index is 1.38. The number of rotatable bonds is 5. The number of benzene rings is 2. The minimum Gasteiger partial charge on any atom is -0.321 e.